The minimum atomic E-state index is 0. The third-order valence-electron chi connectivity index (χ3n) is 4.33. The van der Waals surface area contributed by atoms with Gasteiger partial charge < -0.3 is 15.5 Å². The van der Waals surface area contributed by atoms with Gasteiger partial charge in [0.2, 0.25) is 0 Å². The number of nitrogens with zero attached hydrogens (tertiary/aromatic N) is 3. The van der Waals surface area contributed by atoms with E-state index in [2.05, 4.69) is 53.4 Å². The van der Waals surface area contributed by atoms with Gasteiger partial charge in [0.15, 0.2) is 5.96 Å². The van der Waals surface area contributed by atoms with Crippen molar-refractivity contribution in [2.24, 2.45) is 4.99 Å². The summed E-state index contributed by atoms with van der Waals surface area (Å²) in [7, 11) is 6.26. The molecule has 0 spiro atoms. The van der Waals surface area contributed by atoms with Crippen molar-refractivity contribution in [3.63, 3.8) is 0 Å². The van der Waals surface area contributed by atoms with E-state index < -0.39 is 0 Å². The number of guanidine groups is 1. The first-order valence-corrected chi connectivity index (χ1v) is 8.42. The Hall–Kier alpha value is -0.0800. The highest BCUT2D eigenvalue weighted by Gasteiger charge is 2.22. The maximum absolute atomic E-state index is 4.35. The molecule has 132 valence electrons. The van der Waals surface area contributed by atoms with Crippen LogP contribution >= 0.6 is 24.0 Å². The van der Waals surface area contributed by atoms with Crippen LogP contribution in [0.15, 0.2) is 4.99 Å². The number of likely N-dealkylation sites (N-methyl/N-ethyl adjacent to an activating group) is 2. The van der Waals surface area contributed by atoms with Crippen molar-refractivity contribution >= 4 is 29.9 Å². The number of rotatable bonds is 7. The number of nitrogens with one attached hydrogen (secondary N) is 2. The van der Waals surface area contributed by atoms with Crippen LogP contribution in [0.5, 0.6) is 0 Å². The van der Waals surface area contributed by atoms with E-state index in [1.807, 2.05) is 7.05 Å². The lowest BCUT2D eigenvalue weighted by molar-refractivity contribution is 0.116. The fourth-order valence-corrected chi connectivity index (χ4v) is 2.74. The fraction of sp³-hybridized carbons (Fsp3) is 0.938. The Labute approximate surface area is 154 Å². The Kier molecular flexibility index (Phi) is 12.3. The number of aliphatic imine (C=N–C) groups is 1. The van der Waals surface area contributed by atoms with E-state index in [-0.39, 0.29) is 24.0 Å². The normalized spacial score (nSPS) is 22.0. The van der Waals surface area contributed by atoms with Gasteiger partial charge in [-0.25, -0.2) is 0 Å². The van der Waals surface area contributed by atoms with Crippen LogP contribution in [0.4, 0.5) is 0 Å². The fourth-order valence-electron chi connectivity index (χ4n) is 2.74. The van der Waals surface area contributed by atoms with Crippen LogP contribution in [0.2, 0.25) is 0 Å². The Bertz CT molecular complexity index is 311. The summed E-state index contributed by atoms with van der Waals surface area (Å²) in [6, 6.07) is 1.03. The molecule has 1 rings (SSSR count). The zero-order valence-corrected chi connectivity index (χ0v) is 17.4. The summed E-state index contributed by atoms with van der Waals surface area (Å²) in [5, 5.41) is 6.98. The summed E-state index contributed by atoms with van der Waals surface area (Å²) >= 11 is 0. The summed E-state index contributed by atoms with van der Waals surface area (Å²) in [6.07, 6.45) is 5.09. The molecule has 5 nitrogen and oxygen atoms in total. The number of halogens is 1. The second kappa shape index (κ2) is 12.4. The molecule has 0 aliphatic carbocycles. The lowest BCUT2D eigenvalue weighted by Gasteiger charge is -2.38. The van der Waals surface area contributed by atoms with Gasteiger partial charge in [-0.3, -0.25) is 9.89 Å². The molecule has 0 radical (unpaired) electrons. The average Bonchev–Trinajstić information content (AvgIpc) is 2.47. The van der Waals surface area contributed by atoms with E-state index >= 15 is 0 Å². The molecule has 2 unspecified atom stereocenters. The molecule has 0 aromatic carbocycles. The minimum absolute atomic E-state index is 0. The molecule has 0 bridgehead atoms. The third kappa shape index (κ3) is 8.53. The van der Waals surface area contributed by atoms with Crippen molar-refractivity contribution in [2.45, 2.75) is 51.6 Å². The van der Waals surface area contributed by atoms with Crippen LogP contribution in [0, 0.1) is 0 Å². The molecule has 1 aliphatic rings. The third-order valence-corrected chi connectivity index (χ3v) is 4.33. The molecular formula is C16H36IN5. The van der Waals surface area contributed by atoms with Crippen molar-refractivity contribution in [2.75, 3.05) is 47.3 Å². The maximum Gasteiger partial charge on any atom is 0.191 e. The van der Waals surface area contributed by atoms with Crippen LogP contribution in [0.1, 0.15) is 39.5 Å². The first kappa shape index (κ1) is 21.9. The van der Waals surface area contributed by atoms with Gasteiger partial charge in [-0.15, -0.1) is 24.0 Å². The standard InChI is InChI=1S/C16H35N5.HI/c1-6-7-8-9-14(2)19-16(17-3)18-12-15-13-20(4)10-11-21(15)5;/h14-15H,6-13H2,1-5H3,(H2,17,18,19);1H. The average molecular weight is 425 g/mol. The highest BCUT2D eigenvalue weighted by molar-refractivity contribution is 14.0. The molecule has 1 fully saturated rings. The molecule has 0 aromatic rings. The smallest absolute Gasteiger partial charge is 0.191 e. The summed E-state index contributed by atoms with van der Waals surface area (Å²) in [4.78, 5) is 9.18. The molecule has 1 aliphatic heterocycles. The van der Waals surface area contributed by atoms with Gasteiger partial charge in [0, 0.05) is 45.3 Å². The van der Waals surface area contributed by atoms with Gasteiger partial charge >= 0.3 is 0 Å². The van der Waals surface area contributed by atoms with Gasteiger partial charge in [0.05, 0.1) is 0 Å². The molecule has 0 amide bonds. The van der Waals surface area contributed by atoms with E-state index in [1.54, 1.807) is 0 Å². The maximum atomic E-state index is 4.35. The summed E-state index contributed by atoms with van der Waals surface area (Å²) in [5.74, 6) is 0.931. The highest BCUT2D eigenvalue weighted by Crippen LogP contribution is 2.05. The molecule has 1 heterocycles. The van der Waals surface area contributed by atoms with Crippen LogP contribution in [-0.2, 0) is 0 Å². The van der Waals surface area contributed by atoms with Gasteiger partial charge in [0.1, 0.15) is 0 Å². The van der Waals surface area contributed by atoms with Gasteiger partial charge in [-0.2, -0.15) is 0 Å². The molecule has 6 heteroatoms. The van der Waals surface area contributed by atoms with Gasteiger partial charge in [0.25, 0.3) is 0 Å². The van der Waals surface area contributed by atoms with Crippen molar-refractivity contribution in [1.82, 2.24) is 20.4 Å². The first-order valence-electron chi connectivity index (χ1n) is 8.42. The molecule has 2 atom stereocenters. The molecule has 0 aromatic heterocycles. The quantitative estimate of drug-likeness (QED) is 0.283. The number of hydrogen-bond donors (Lipinski definition) is 2. The van der Waals surface area contributed by atoms with Crippen LogP contribution < -0.4 is 10.6 Å². The van der Waals surface area contributed by atoms with E-state index in [4.69, 9.17) is 0 Å². The number of piperazine rings is 1. The van der Waals surface area contributed by atoms with Crippen LogP contribution in [0.25, 0.3) is 0 Å². The van der Waals surface area contributed by atoms with Crippen molar-refractivity contribution in [3.05, 3.63) is 0 Å². The largest absolute Gasteiger partial charge is 0.355 e. The van der Waals surface area contributed by atoms with E-state index in [9.17, 15) is 0 Å². The van der Waals surface area contributed by atoms with E-state index in [0.29, 0.717) is 12.1 Å². The molecule has 0 saturated carbocycles. The highest BCUT2D eigenvalue weighted by atomic mass is 127. The predicted molar refractivity (Wildman–Crippen MR) is 107 cm³/mol. The second-order valence-electron chi connectivity index (χ2n) is 6.39. The van der Waals surface area contributed by atoms with Gasteiger partial charge in [-0.1, -0.05) is 26.2 Å². The topological polar surface area (TPSA) is 42.9 Å². The predicted octanol–water partition coefficient (Wildman–Crippen LogP) is 1.98. The molecule has 1 saturated heterocycles. The summed E-state index contributed by atoms with van der Waals surface area (Å²) in [5.41, 5.74) is 0. The van der Waals surface area contributed by atoms with Crippen LogP contribution in [0.3, 0.4) is 0 Å². The lowest BCUT2D eigenvalue weighted by Crippen LogP contribution is -2.55. The van der Waals surface area contributed by atoms with Crippen LogP contribution in [-0.4, -0.2) is 75.2 Å². The molecule has 2 N–H and O–H groups in total. The summed E-state index contributed by atoms with van der Waals surface area (Å²) in [6.45, 7) is 8.85. The second-order valence-corrected chi connectivity index (χ2v) is 6.39. The SMILES string of the molecule is CCCCCC(C)NC(=NC)NCC1CN(C)CCN1C.I. The minimum Gasteiger partial charge on any atom is -0.355 e. The first-order chi connectivity index (χ1) is 10.1. The van der Waals surface area contributed by atoms with E-state index in [0.717, 1.165) is 32.1 Å². The molecule has 22 heavy (non-hydrogen) atoms. The summed E-state index contributed by atoms with van der Waals surface area (Å²) < 4.78 is 0. The molecular weight excluding hydrogens is 389 g/mol. The van der Waals surface area contributed by atoms with Crippen molar-refractivity contribution in [3.8, 4) is 0 Å². The number of hydrogen-bond acceptors (Lipinski definition) is 3. The van der Waals surface area contributed by atoms with Crippen molar-refractivity contribution < 1.29 is 0 Å². The lowest BCUT2D eigenvalue weighted by atomic mass is 10.1. The number of unbranched alkanes of at least 4 members (excludes halogenated alkanes) is 2. The Morgan fingerprint density at radius 2 is 2.00 bits per heavy atom. The van der Waals surface area contributed by atoms with Crippen molar-refractivity contribution in [1.29, 1.82) is 0 Å². The Morgan fingerprint density at radius 3 is 2.64 bits per heavy atom. The Morgan fingerprint density at radius 1 is 1.27 bits per heavy atom. The van der Waals surface area contributed by atoms with Gasteiger partial charge in [-0.05, 0) is 27.4 Å². The Balaban J connectivity index is 0.00000441. The van der Waals surface area contributed by atoms with E-state index in [1.165, 1.54) is 25.7 Å². The zero-order chi connectivity index (χ0) is 15.7. The zero-order valence-electron chi connectivity index (χ0n) is 15.1. The monoisotopic (exact) mass is 425 g/mol.